The van der Waals surface area contributed by atoms with Crippen molar-refractivity contribution in [3.63, 3.8) is 0 Å². The molecular weight excluding hydrogens is 479 g/mol. The van der Waals surface area contributed by atoms with E-state index in [0.717, 1.165) is 16.5 Å². The summed E-state index contributed by atoms with van der Waals surface area (Å²) in [5, 5.41) is 14.2. The number of hydrogen-bond acceptors (Lipinski definition) is 7. The Balaban J connectivity index is 1.29. The van der Waals surface area contributed by atoms with Gasteiger partial charge in [-0.05, 0) is 10.8 Å². The molecule has 0 aliphatic carbocycles. The van der Waals surface area contributed by atoms with Crippen molar-refractivity contribution in [3.05, 3.63) is 59.7 Å². The van der Waals surface area contributed by atoms with Gasteiger partial charge in [-0.1, -0.05) is 30.3 Å². The molecule has 0 bridgehead atoms. The third-order valence-electron chi connectivity index (χ3n) is 6.06. The lowest BCUT2D eigenvalue weighted by Crippen LogP contribution is -2.49. The monoisotopic (exact) mass is 501 g/mol. The molecule has 0 radical (unpaired) electrons. The number of carbonyl (C=O) groups excluding carboxylic acids is 2. The van der Waals surface area contributed by atoms with E-state index in [2.05, 4.69) is 20.7 Å². The highest BCUT2D eigenvalue weighted by molar-refractivity contribution is 6.02. The first-order valence-electron chi connectivity index (χ1n) is 11.2. The van der Waals surface area contributed by atoms with Crippen LogP contribution in [-0.4, -0.2) is 70.7 Å². The van der Waals surface area contributed by atoms with Gasteiger partial charge >= 0.3 is 0 Å². The Hall–Kier alpha value is -4.16. The molecule has 1 atom stereocenters. The molecule has 5 rings (SSSR count). The van der Waals surface area contributed by atoms with Crippen LogP contribution in [0.5, 0.6) is 5.75 Å². The fourth-order valence-corrected chi connectivity index (χ4v) is 4.16. The first-order valence-corrected chi connectivity index (χ1v) is 11.2. The third-order valence-corrected chi connectivity index (χ3v) is 6.06. The molecule has 1 saturated heterocycles. The zero-order valence-corrected chi connectivity index (χ0v) is 19.2. The summed E-state index contributed by atoms with van der Waals surface area (Å²) in [6, 6.07) is 10.6. The summed E-state index contributed by atoms with van der Waals surface area (Å²) in [4.78, 5) is 29.4. The summed E-state index contributed by atoms with van der Waals surface area (Å²) in [6.07, 6.45) is -0.374. The van der Waals surface area contributed by atoms with Crippen LogP contribution in [0.15, 0.2) is 42.5 Å². The fourth-order valence-electron chi connectivity index (χ4n) is 4.16. The minimum Gasteiger partial charge on any atom is -0.489 e. The molecule has 0 spiro atoms. The second kappa shape index (κ2) is 9.13. The predicted molar refractivity (Wildman–Crippen MR) is 122 cm³/mol. The van der Waals surface area contributed by atoms with Crippen LogP contribution in [0.4, 0.5) is 24.5 Å². The number of aromatic nitrogens is 4. The van der Waals surface area contributed by atoms with E-state index in [4.69, 9.17) is 4.74 Å². The summed E-state index contributed by atoms with van der Waals surface area (Å²) in [5.74, 6) is -5.04. The van der Waals surface area contributed by atoms with E-state index in [-0.39, 0.29) is 42.5 Å². The number of nitrogens with one attached hydrogen (secondary N) is 1. The van der Waals surface area contributed by atoms with Gasteiger partial charge < -0.3 is 19.9 Å². The molecule has 1 N–H and O–H groups in total. The van der Waals surface area contributed by atoms with Gasteiger partial charge in [0.15, 0.2) is 0 Å². The van der Waals surface area contributed by atoms with Crippen LogP contribution >= 0.6 is 0 Å². The number of alkyl halides is 2. The van der Waals surface area contributed by atoms with Gasteiger partial charge in [-0.2, -0.15) is 4.80 Å². The molecule has 2 amide bonds. The average Bonchev–Trinajstić information content (AvgIpc) is 3.45. The second-order valence-electron chi connectivity index (χ2n) is 8.66. The van der Waals surface area contributed by atoms with Gasteiger partial charge in [0.05, 0.1) is 24.5 Å². The maximum atomic E-state index is 14.8. The zero-order chi connectivity index (χ0) is 25.4. The number of hydrogen-bond donors (Lipinski definition) is 1. The van der Waals surface area contributed by atoms with E-state index >= 15 is 0 Å². The average molecular weight is 501 g/mol. The van der Waals surface area contributed by atoms with Crippen LogP contribution in [0.2, 0.25) is 0 Å². The fraction of sp³-hybridized carbons (Fsp3) is 0.348. The van der Waals surface area contributed by atoms with Gasteiger partial charge in [-0.15, -0.1) is 10.2 Å². The summed E-state index contributed by atoms with van der Waals surface area (Å²) in [6.45, 7) is -0.564. The Labute approximate surface area is 203 Å². The normalized spacial score (nSPS) is 19.0. The van der Waals surface area contributed by atoms with E-state index in [0.29, 0.717) is 6.54 Å². The van der Waals surface area contributed by atoms with Crippen molar-refractivity contribution in [2.45, 2.75) is 24.9 Å². The van der Waals surface area contributed by atoms with E-state index < -0.39 is 36.1 Å². The summed E-state index contributed by atoms with van der Waals surface area (Å²) >= 11 is 0. The number of likely N-dealkylation sites (N-methyl/N-ethyl adjacent to an activating group) is 1. The summed E-state index contributed by atoms with van der Waals surface area (Å²) < 4.78 is 47.8. The number of carbonyl (C=O) groups is 2. The molecule has 0 unspecified atom stereocenters. The number of amides is 2. The molecule has 1 fully saturated rings. The van der Waals surface area contributed by atoms with E-state index in [1.54, 1.807) is 0 Å². The van der Waals surface area contributed by atoms with Crippen LogP contribution in [0.3, 0.4) is 0 Å². The molecule has 10 nitrogen and oxygen atoms in total. The van der Waals surface area contributed by atoms with Crippen LogP contribution in [0.1, 0.15) is 22.6 Å². The lowest BCUT2D eigenvalue weighted by Gasteiger charge is -2.23. The van der Waals surface area contributed by atoms with Crippen molar-refractivity contribution in [1.29, 1.82) is 0 Å². The molecule has 0 saturated carbocycles. The minimum absolute atomic E-state index is 0.00584. The quantitative estimate of drug-likeness (QED) is 0.569. The second-order valence-corrected chi connectivity index (χ2v) is 8.66. The largest absolute Gasteiger partial charge is 0.489 e. The van der Waals surface area contributed by atoms with Gasteiger partial charge in [0.1, 0.15) is 24.2 Å². The molecule has 188 valence electrons. The molecule has 2 aromatic carbocycles. The molecule has 1 aromatic heterocycles. The van der Waals surface area contributed by atoms with Gasteiger partial charge in [0.2, 0.25) is 0 Å². The lowest BCUT2D eigenvalue weighted by atomic mass is 10.2. The predicted octanol–water partition coefficient (Wildman–Crippen LogP) is 1.86. The zero-order valence-electron chi connectivity index (χ0n) is 19.2. The van der Waals surface area contributed by atoms with Crippen molar-refractivity contribution < 1.29 is 27.5 Å². The number of ether oxygens (including phenoxy) is 1. The number of fused-ring (bicyclic) bond motifs is 1. The van der Waals surface area contributed by atoms with Crippen LogP contribution in [-0.2, 0) is 11.3 Å². The highest BCUT2D eigenvalue weighted by Crippen LogP contribution is 2.39. The van der Waals surface area contributed by atoms with Gasteiger partial charge in [-0.3, -0.25) is 9.59 Å². The van der Waals surface area contributed by atoms with Crippen molar-refractivity contribution >= 4 is 23.2 Å². The molecule has 36 heavy (non-hydrogen) atoms. The molecule has 3 aromatic rings. The summed E-state index contributed by atoms with van der Waals surface area (Å²) in [5.41, 5.74) is 1.00. The number of benzene rings is 2. The van der Waals surface area contributed by atoms with Crippen molar-refractivity contribution in [1.82, 2.24) is 25.5 Å². The standard InChI is InChI=1S/C23H22F3N7O3/c1-31-18-9-15(24)17(32-8-7-23(25,26)13-32)10-19(18)36-12-16(22(31)35)27-21(34)20-28-30-33(29-20)11-14-5-3-2-4-6-14/h2-6,9-10,16H,7-8,11-13H2,1H3,(H,27,34)/t16-/m0/s1. The maximum Gasteiger partial charge on any atom is 0.293 e. The SMILES string of the molecule is CN1C(=O)[C@@H](NC(=O)c2nnn(Cc3ccccc3)n2)COc2cc(N3CCC(F)(F)C3)c(F)cc21. The number of rotatable bonds is 5. The maximum absolute atomic E-state index is 14.8. The topological polar surface area (TPSA) is 105 Å². The highest BCUT2D eigenvalue weighted by atomic mass is 19.3. The number of tetrazole rings is 1. The molecule has 2 aliphatic heterocycles. The lowest BCUT2D eigenvalue weighted by molar-refractivity contribution is -0.120. The Kier molecular flexibility index (Phi) is 5.98. The third kappa shape index (κ3) is 4.68. The van der Waals surface area contributed by atoms with Crippen molar-refractivity contribution in [3.8, 4) is 5.75 Å². The summed E-state index contributed by atoms with van der Waals surface area (Å²) in [7, 11) is 1.41. The van der Waals surface area contributed by atoms with E-state index in [9.17, 15) is 22.8 Å². The van der Waals surface area contributed by atoms with Gasteiger partial charge in [0, 0.05) is 32.1 Å². The van der Waals surface area contributed by atoms with Crippen LogP contribution in [0, 0.1) is 5.82 Å². The van der Waals surface area contributed by atoms with Crippen LogP contribution < -0.4 is 19.9 Å². The Morgan fingerprint density at radius 2 is 2.00 bits per heavy atom. The molecule has 2 aliphatic rings. The molecule has 3 heterocycles. The first-order chi connectivity index (χ1) is 17.2. The number of nitrogens with zero attached hydrogens (tertiary/aromatic N) is 6. The van der Waals surface area contributed by atoms with Gasteiger partial charge in [-0.25, -0.2) is 13.2 Å². The van der Waals surface area contributed by atoms with Crippen molar-refractivity contribution in [2.75, 3.05) is 36.5 Å². The Morgan fingerprint density at radius 1 is 1.22 bits per heavy atom. The Bertz CT molecular complexity index is 1300. The Morgan fingerprint density at radius 3 is 2.72 bits per heavy atom. The number of anilines is 2. The van der Waals surface area contributed by atoms with Crippen LogP contribution in [0.25, 0.3) is 0 Å². The smallest absolute Gasteiger partial charge is 0.293 e. The number of halogens is 3. The van der Waals surface area contributed by atoms with Crippen molar-refractivity contribution in [2.24, 2.45) is 0 Å². The van der Waals surface area contributed by atoms with E-state index in [1.807, 2.05) is 30.3 Å². The molecular formula is C23H22F3N7O3. The van der Waals surface area contributed by atoms with Gasteiger partial charge in [0.25, 0.3) is 23.6 Å². The first kappa shape index (κ1) is 23.6. The van der Waals surface area contributed by atoms with E-state index in [1.165, 1.54) is 22.8 Å². The highest BCUT2D eigenvalue weighted by Gasteiger charge is 2.40. The minimum atomic E-state index is -2.90. The molecule has 13 heteroatoms.